The second-order valence-electron chi connectivity index (χ2n) is 10.3. The topological polar surface area (TPSA) is 66.5 Å². The molecule has 31 heavy (non-hydrogen) atoms. The van der Waals surface area contributed by atoms with E-state index in [2.05, 4.69) is 36.2 Å². The first-order valence-electron chi connectivity index (χ1n) is 12.0. The van der Waals surface area contributed by atoms with Crippen LogP contribution in [0.2, 0.25) is 0 Å². The summed E-state index contributed by atoms with van der Waals surface area (Å²) in [6, 6.07) is 8.26. The second kappa shape index (κ2) is 10.4. The lowest BCUT2D eigenvalue weighted by Crippen LogP contribution is -2.38. The molecule has 1 aliphatic carbocycles. The van der Waals surface area contributed by atoms with E-state index in [0.29, 0.717) is 17.8 Å². The molecule has 174 valence electrons. The van der Waals surface area contributed by atoms with Crippen molar-refractivity contribution in [1.82, 2.24) is 0 Å². The Morgan fingerprint density at radius 1 is 1.03 bits per heavy atom. The average Bonchev–Trinajstić information content (AvgIpc) is 2.72. The van der Waals surface area contributed by atoms with E-state index in [9.17, 15) is 13.2 Å². The molecule has 1 aromatic rings. The maximum atomic E-state index is 12.7. The Bertz CT molecular complexity index is 817. The number of sulfone groups is 1. The highest BCUT2D eigenvalue weighted by Crippen LogP contribution is 2.32. The van der Waals surface area contributed by atoms with Crippen molar-refractivity contribution in [1.29, 1.82) is 0 Å². The molecule has 1 N–H and O–H groups in total. The maximum Gasteiger partial charge on any atom is 0.227 e. The van der Waals surface area contributed by atoms with Crippen LogP contribution in [0, 0.1) is 23.7 Å². The van der Waals surface area contributed by atoms with Gasteiger partial charge in [-0.05, 0) is 94.4 Å². The lowest BCUT2D eigenvalue weighted by atomic mass is 9.80. The van der Waals surface area contributed by atoms with Gasteiger partial charge in [-0.2, -0.15) is 0 Å². The predicted molar refractivity (Wildman–Crippen MR) is 129 cm³/mol. The molecular formula is C25H40N2O3S. The molecule has 0 bridgehead atoms. The number of nitrogens with one attached hydrogen (secondary N) is 1. The first-order valence-corrected chi connectivity index (χ1v) is 13.7. The lowest BCUT2D eigenvalue weighted by Gasteiger charge is -2.36. The van der Waals surface area contributed by atoms with Gasteiger partial charge < -0.3 is 10.2 Å². The van der Waals surface area contributed by atoms with Gasteiger partial charge in [0, 0.05) is 30.4 Å². The number of hydrogen-bond acceptors (Lipinski definition) is 4. The van der Waals surface area contributed by atoms with E-state index >= 15 is 0 Å². The molecule has 2 aliphatic rings. The van der Waals surface area contributed by atoms with Gasteiger partial charge in [-0.1, -0.05) is 13.8 Å². The van der Waals surface area contributed by atoms with Gasteiger partial charge in [0.15, 0.2) is 9.84 Å². The minimum absolute atomic E-state index is 0.0291. The molecule has 0 unspecified atom stereocenters. The second-order valence-corrected chi connectivity index (χ2v) is 13.0. The third kappa shape index (κ3) is 6.71. The molecule has 1 aliphatic heterocycles. The van der Waals surface area contributed by atoms with Crippen molar-refractivity contribution < 1.29 is 13.2 Å². The Morgan fingerprint density at radius 3 is 2.16 bits per heavy atom. The Balaban J connectivity index is 1.46. The molecule has 3 rings (SSSR count). The van der Waals surface area contributed by atoms with E-state index in [1.165, 1.54) is 12.1 Å². The molecule has 0 radical (unpaired) electrons. The van der Waals surface area contributed by atoms with E-state index in [0.717, 1.165) is 50.9 Å². The zero-order valence-corrected chi connectivity index (χ0v) is 20.5. The summed E-state index contributed by atoms with van der Waals surface area (Å²) in [4.78, 5) is 15.2. The molecule has 6 heteroatoms. The molecule has 1 saturated carbocycles. The van der Waals surface area contributed by atoms with Crippen molar-refractivity contribution in [2.45, 2.75) is 71.5 Å². The van der Waals surface area contributed by atoms with Gasteiger partial charge in [0.1, 0.15) is 0 Å². The first-order chi connectivity index (χ1) is 14.6. The SMILES string of the molecule is CC(C)S(=O)(=O)CCC1CCC(C(=O)Nc2ccc(N3C[C@H](C)C[C@@H](C)C3)cc2)CC1. The minimum atomic E-state index is -2.97. The van der Waals surface area contributed by atoms with Gasteiger partial charge in [0.2, 0.25) is 5.91 Å². The Hall–Kier alpha value is -1.56. The quantitative estimate of drug-likeness (QED) is 0.628. The number of hydrogen-bond donors (Lipinski definition) is 1. The van der Waals surface area contributed by atoms with E-state index < -0.39 is 9.84 Å². The zero-order chi connectivity index (χ0) is 22.6. The fourth-order valence-corrected chi connectivity index (χ4v) is 6.29. The van der Waals surface area contributed by atoms with Crippen molar-refractivity contribution in [2.75, 3.05) is 29.1 Å². The number of carbonyl (C=O) groups is 1. The number of anilines is 2. The number of piperidine rings is 1. The van der Waals surface area contributed by atoms with E-state index in [1.807, 2.05) is 12.1 Å². The summed E-state index contributed by atoms with van der Waals surface area (Å²) < 4.78 is 24.1. The molecule has 5 nitrogen and oxygen atoms in total. The average molecular weight is 449 g/mol. The van der Waals surface area contributed by atoms with E-state index in [1.54, 1.807) is 13.8 Å². The van der Waals surface area contributed by atoms with Crippen LogP contribution in [0.25, 0.3) is 0 Å². The molecule has 0 aromatic heterocycles. The fraction of sp³-hybridized carbons (Fsp3) is 0.720. The van der Waals surface area contributed by atoms with Crippen molar-refractivity contribution in [3.05, 3.63) is 24.3 Å². The largest absolute Gasteiger partial charge is 0.371 e. The number of nitrogens with zero attached hydrogens (tertiary/aromatic N) is 1. The first kappa shape index (κ1) is 24.1. The van der Waals surface area contributed by atoms with Crippen molar-refractivity contribution in [3.63, 3.8) is 0 Å². The van der Waals surface area contributed by atoms with Crippen LogP contribution in [0.5, 0.6) is 0 Å². The van der Waals surface area contributed by atoms with Gasteiger partial charge >= 0.3 is 0 Å². The number of carbonyl (C=O) groups excluding carboxylic acids is 1. The third-order valence-electron chi connectivity index (χ3n) is 7.12. The van der Waals surface area contributed by atoms with Gasteiger partial charge in [-0.15, -0.1) is 0 Å². The number of benzene rings is 1. The van der Waals surface area contributed by atoms with Gasteiger partial charge in [-0.25, -0.2) is 8.42 Å². The summed E-state index contributed by atoms with van der Waals surface area (Å²) >= 11 is 0. The summed E-state index contributed by atoms with van der Waals surface area (Å²) in [6.07, 6.45) is 5.59. The Labute approximate surface area is 188 Å². The minimum Gasteiger partial charge on any atom is -0.371 e. The molecular weight excluding hydrogens is 408 g/mol. The molecule has 1 saturated heterocycles. The normalized spacial score (nSPS) is 27.3. The highest BCUT2D eigenvalue weighted by atomic mass is 32.2. The Kier molecular flexibility index (Phi) is 8.06. The van der Waals surface area contributed by atoms with E-state index in [-0.39, 0.29) is 22.8 Å². The van der Waals surface area contributed by atoms with E-state index in [4.69, 9.17) is 0 Å². The predicted octanol–water partition coefficient (Wildman–Crippen LogP) is 5.13. The van der Waals surface area contributed by atoms with Crippen LogP contribution < -0.4 is 10.2 Å². The lowest BCUT2D eigenvalue weighted by molar-refractivity contribution is -0.121. The summed E-state index contributed by atoms with van der Waals surface area (Å²) in [5.41, 5.74) is 2.09. The van der Waals surface area contributed by atoms with Crippen LogP contribution in [0.3, 0.4) is 0 Å². The third-order valence-corrected chi connectivity index (χ3v) is 9.36. The highest BCUT2D eigenvalue weighted by molar-refractivity contribution is 7.91. The summed E-state index contributed by atoms with van der Waals surface area (Å²) in [5.74, 6) is 2.24. The van der Waals surface area contributed by atoms with Crippen LogP contribution in [-0.2, 0) is 14.6 Å². The molecule has 2 fully saturated rings. The molecule has 1 heterocycles. The summed E-state index contributed by atoms with van der Waals surface area (Å²) in [5, 5.41) is 2.79. The highest BCUT2D eigenvalue weighted by Gasteiger charge is 2.28. The van der Waals surface area contributed by atoms with Gasteiger partial charge in [-0.3, -0.25) is 4.79 Å². The van der Waals surface area contributed by atoms with Crippen LogP contribution in [0.4, 0.5) is 11.4 Å². The maximum absolute atomic E-state index is 12.7. The van der Waals surface area contributed by atoms with Crippen LogP contribution in [0.15, 0.2) is 24.3 Å². The summed E-state index contributed by atoms with van der Waals surface area (Å²) in [6.45, 7) is 10.3. The van der Waals surface area contributed by atoms with Gasteiger partial charge in [0.05, 0.1) is 11.0 Å². The van der Waals surface area contributed by atoms with Crippen LogP contribution in [-0.4, -0.2) is 38.4 Å². The van der Waals surface area contributed by atoms with Gasteiger partial charge in [0.25, 0.3) is 0 Å². The van der Waals surface area contributed by atoms with Crippen LogP contribution in [0.1, 0.15) is 66.2 Å². The zero-order valence-electron chi connectivity index (χ0n) is 19.6. The summed E-state index contributed by atoms with van der Waals surface area (Å²) in [7, 11) is -2.97. The van der Waals surface area contributed by atoms with Crippen molar-refractivity contribution in [3.8, 4) is 0 Å². The molecule has 0 spiro atoms. The van der Waals surface area contributed by atoms with Crippen molar-refractivity contribution in [2.24, 2.45) is 23.7 Å². The monoisotopic (exact) mass is 448 g/mol. The smallest absolute Gasteiger partial charge is 0.227 e. The molecule has 1 amide bonds. The number of rotatable bonds is 7. The molecule has 2 atom stereocenters. The Morgan fingerprint density at radius 2 is 1.61 bits per heavy atom. The fourth-order valence-electron chi connectivity index (χ4n) is 5.15. The molecule has 1 aromatic carbocycles. The van der Waals surface area contributed by atoms with Crippen LogP contribution >= 0.6 is 0 Å². The van der Waals surface area contributed by atoms with Crippen molar-refractivity contribution >= 4 is 27.1 Å². The standard InChI is InChI=1S/C25H40N2O3S/c1-18(2)31(29,30)14-13-21-5-7-22(8-6-21)25(28)26-23-9-11-24(12-10-23)27-16-19(3)15-20(4)17-27/h9-12,18-22H,5-8,13-17H2,1-4H3,(H,26,28)/t19-,20-,21?,22?/m1/s1. The number of amides is 1.